The number of pyridine rings is 2. The van der Waals surface area contributed by atoms with E-state index in [1.54, 1.807) is 50.2 Å². The molecule has 11 nitrogen and oxygen atoms in total. The maximum absolute atomic E-state index is 13.0. The van der Waals surface area contributed by atoms with Crippen LogP contribution < -0.4 is 10.9 Å². The minimum atomic E-state index is -0.782. The highest BCUT2D eigenvalue weighted by Gasteiger charge is 2.47. The summed E-state index contributed by atoms with van der Waals surface area (Å²) in [5.41, 5.74) is 6.82. The first-order valence-corrected chi connectivity index (χ1v) is 15.1. The smallest absolute Gasteiger partial charge is 0.426 e. The van der Waals surface area contributed by atoms with Crippen LogP contribution in [0.4, 0.5) is 4.79 Å². The standard InChI is InChI=1S/C35H35N5O6/c1-35(2,3)46-34(44)39-38-31(41)26-20-29(37-28-16-17-36-21-27(26)28)23-14-12-22(13-15-23)9-5-6-10-24-19-25(24)32(42)40-18-8-7-11-30(40)33(43)45-4/h12-17,20-21,24-25,30H,7-8,11,18-19H2,1-4H3,(H,38,41)(H,39,44). The Hall–Kier alpha value is -5.42. The Bertz CT molecular complexity index is 1790. The van der Waals surface area contributed by atoms with E-state index in [4.69, 9.17) is 14.5 Å². The van der Waals surface area contributed by atoms with Crippen molar-refractivity contribution in [3.63, 3.8) is 0 Å². The molecule has 1 aliphatic heterocycles. The molecule has 1 aliphatic carbocycles. The summed E-state index contributed by atoms with van der Waals surface area (Å²) in [6, 6.07) is 10.2. The summed E-state index contributed by atoms with van der Waals surface area (Å²) < 4.78 is 10.1. The third-order valence-electron chi connectivity index (χ3n) is 7.61. The number of methoxy groups -OCH3 is 1. The summed E-state index contributed by atoms with van der Waals surface area (Å²) >= 11 is 0. The van der Waals surface area contributed by atoms with Gasteiger partial charge in [0, 0.05) is 41.4 Å². The lowest BCUT2D eigenvalue weighted by molar-refractivity contribution is -0.155. The van der Waals surface area contributed by atoms with Gasteiger partial charge in [0.25, 0.3) is 5.91 Å². The number of hydrogen-bond donors (Lipinski definition) is 2. The Morgan fingerprint density at radius 1 is 1.02 bits per heavy atom. The van der Waals surface area contributed by atoms with Crippen LogP contribution in [0.2, 0.25) is 0 Å². The molecule has 236 valence electrons. The summed E-state index contributed by atoms with van der Waals surface area (Å²) in [6.45, 7) is 5.74. The number of hydrogen-bond acceptors (Lipinski definition) is 8. The fourth-order valence-electron chi connectivity index (χ4n) is 5.26. The van der Waals surface area contributed by atoms with E-state index in [0.717, 1.165) is 24.0 Å². The highest BCUT2D eigenvalue weighted by atomic mass is 16.6. The maximum atomic E-state index is 13.0. The number of esters is 1. The molecule has 2 aliphatic rings. The van der Waals surface area contributed by atoms with Crippen molar-refractivity contribution in [2.75, 3.05) is 13.7 Å². The van der Waals surface area contributed by atoms with Gasteiger partial charge in [0.15, 0.2) is 0 Å². The van der Waals surface area contributed by atoms with Gasteiger partial charge in [-0.05, 0) is 82.6 Å². The van der Waals surface area contributed by atoms with Gasteiger partial charge < -0.3 is 14.4 Å². The quantitative estimate of drug-likeness (QED) is 0.253. The second-order valence-electron chi connectivity index (χ2n) is 12.1. The van der Waals surface area contributed by atoms with Gasteiger partial charge in [0.2, 0.25) is 5.91 Å². The number of ether oxygens (including phenoxy) is 2. The Morgan fingerprint density at radius 3 is 2.54 bits per heavy atom. The van der Waals surface area contributed by atoms with Crippen molar-refractivity contribution in [2.45, 2.75) is 58.1 Å². The molecule has 2 N–H and O–H groups in total. The van der Waals surface area contributed by atoms with E-state index < -0.39 is 23.6 Å². The van der Waals surface area contributed by atoms with Gasteiger partial charge >= 0.3 is 12.1 Å². The van der Waals surface area contributed by atoms with E-state index in [2.05, 4.69) is 39.5 Å². The zero-order valence-corrected chi connectivity index (χ0v) is 26.2. The molecule has 1 aromatic carbocycles. The number of carbonyl (C=O) groups excluding carboxylic acids is 4. The Balaban J connectivity index is 1.24. The van der Waals surface area contributed by atoms with Crippen molar-refractivity contribution < 1.29 is 28.7 Å². The monoisotopic (exact) mass is 621 g/mol. The minimum Gasteiger partial charge on any atom is -0.467 e. The SMILES string of the molecule is COC(=O)C1CCCCN1C(=O)C1CC1C#CC#Cc1ccc(-c2cc(C(=O)NNC(=O)OC(C)(C)C)c3cnccc3n2)cc1. The Labute approximate surface area is 267 Å². The molecule has 3 atom stereocenters. The molecule has 1 saturated carbocycles. The molecular weight excluding hydrogens is 586 g/mol. The number of rotatable bonds is 4. The molecule has 5 rings (SSSR count). The molecule has 3 heterocycles. The molecule has 46 heavy (non-hydrogen) atoms. The number of benzene rings is 1. The van der Waals surface area contributed by atoms with Crippen molar-refractivity contribution >= 4 is 34.8 Å². The molecule has 2 fully saturated rings. The van der Waals surface area contributed by atoms with Crippen LogP contribution in [0.25, 0.3) is 22.2 Å². The number of likely N-dealkylation sites (tertiary alicyclic amines) is 1. The molecular formula is C35H35N5O6. The molecule has 0 spiro atoms. The summed E-state index contributed by atoms with van der Waals surface area (Å²) in [4.78, 5) is 60.7. The van der Waals surface area contributed by atoms with Crippen molar-refractivity contribution in [2.24, 2.45) is 11.8 Å². The number of fused-ring (bicyclic) bond motifs is 1. The van der Waals surface area contributed by atoms with E-state index >= 15 is 0 Å². The van der Waals surface area contributed by atoms with Crippen LogP contribution in [0, 0.1) is 35.5 Å². The van der Waals surface area contributed by atoms with Gasteiger partial charge in [0.1, 0.15) is 11.6 Å². The number of aromatic nitrogens is 2. The number of piperidine rings is 1. The zero-order valence-electron chi connectivity index (χ0n) is 26.2. The third-order valence-corrected chi connectivity index (χ3v) is 7.61. The van der Waals surface area contributed by atoms with Crippen LogP contribution in [0.1, 0.15) is 62.4 Å². The van der Waals surface area contributed by atoms with Crippen molar-refractivity contribution in [1.29, 1.82) is 0 Å². The van der Waals surface area contributed by atoms with Gasteiger partial charge in [-0.2, -0.15) is 0 Å². The third kappa shape index (κ3) is 7.80. The maximum Gasteiger partial charge on any atom is 0.426 e. The minimum absolute atomic E-state index is 0.0311. The number of amides is 3. The molecule has 2 aromatic heterocycles. The van der Waals surface area contributed by atoms with E-state index in [-0.39, 0.29) is 29.3 Å². The predicted octanol–water partition coefficient (Wildman–Crippen LogP) is 4.01. The van der Waals surface area contributed by atoms with Gasteiger partial charge in [0.05, 0.1) is 29.8 Å². The van der Waals surface area contributed by atoms with Crippen LogP contribution in [0.5, 0.6) is 0 Å². The lowest BCUT2D eigenvalue weighted by Gasteiger charge is -2.33. The van der Waals surface area contributed by atoms with Gasteiger partial charge in [-0.25, -0.2) is 20.0 Å². The molecule has 0 bridgehead atoms. The largest absolute Gasteiger partial charge is 0.467 e. The van der Waals surface area contributed by atoms with E-state index in [9.17, 15) is 19.2 Å². The fourth-order valence-corrected chi connectivity index (χ4v) is 5.26. The van der Waals surface area contributed by atoms with Crippen molar-refractivity contribution in [3.8, 4) is 34.9 Å². The molecule has 1 saturated heterocycles. The number of hydrazine groups is 1. The fraction of sp³-hybridized carbons (Fsp3) is 0.371. The molecule has 3 amide bonds. The molecule has 0 radical (unpaired) electrons. The molecule has 3 aromatic rings. The van der Waals surface area contributed by atoms with Crippen molar-refractivity contribution in [3.05, 3.63) is 59.9 Å². The topological polar surface area (TPSA) is 140 Å². The number of nitrogens with one attached hydrogen (secondary N) is 2. The van der Waals surface area contributed by atoms with Gasteiger partial charge in [-0.15, -0.1) is 0 Å². The van der Waals surface area contributed by atoms with E-state index in [1.807, 2.05) is 24.3 Å². The first-order valence-electron chi connectivity index (χ1n) is 15.1. The highest BCUT2D eigenvalue weighted by molar-refractivity contribution is 6.07. The van der Waals surface area contributed by atoms with E-state index in [0.29, 0.717) is 36.0 Å². The normalized spacial score (nSPS) is 18.6. The number of nitrogens with zero attached hydrogens (tertiary/aromatic N) is 3. The van der Waals surface area contributed by atoms with Crippen LogP contribution in [-0.4, -0.2) is 64.0 Å². The van der Waals surface area contributed by atoms with Gasteiger partial charge in [-0.1, -0.05) is 24.0 Å². The first kappa shape index (κ1) is 32.0. The predicted molar refractivity (Wildman–Crippen MR) is 169 cm³/mol. The second-order valence-corrected chi connectivity index (χ2v) is 12.1. The van der Waals surface area contributed by atoms with Crippen LogP contribution in [0.15, 0.2) is 48.8 Å². The highest BCUT2D eigenvalue weighted by Crippen LogP contribution is 2.40. The lowest BCUT2D eigenvalue weighted by atomic mass is 10.0. The van der Waals surface area contributed by atoms with Gasteiger partial charge in [-0.3, -0.25) is 20.0 Å². The average Bonchev–Trinajstić information content (AvgIpc) is 3.83. The summed E-state index contributed by atoms with van der Waals surface area (Å²) in [5.74, 6) is 10.6. The Kier molecular flexibility index (Phi) is 9.53. The summed E-state index contributed by atoms with van der Waals surface area (Å²) in [6.07, 6.45) is 5.42. The van der Waals surface area contributed by atoms with Crippen LogP contribution in [0.3, 0.4) is 0 Å². The summed E-state index contributed by atoms with van der Waals surface area (Å²) in [7, 11) is 1.35. The number of carbonyl (C=O) groups is 4. The van der Waals surface area contributed by atoms with E-state index in [1.165, 1.54) is 7.11 Å². The van der Waals surface area contributed by atoms with Crippen molar-refractivity contribution in [1.82, 2.24) is 25.7 Å². The second kappa shape index (κ2) is 13.7. The first-order chi connectivity index (χ1) is 22.0. The van der Waals surface area contributed by atoms with Crippen LogP contribution in [-0.2, 0) is 19.1 Å². The molecule has 3 unspecified atom stereocenters. The molecule has 11 heteroatoms. The lowest BCUT2D eigenvalue weighted by Crippen LogP contribution is -2.49. The van der Waals surface area contributed by atoms with Crippen LogP contribution >= 0.6 is 0 Å². The Morgan fingerprint density at radius 2 is 1.80 bits per heavy atom. The summed E-state index contributed by atoms with van der Waals surface area (Å²) in [5, 5.41) is 0.523. The average molecular weight is 622 g/mol. The zero-order chi connectivity index (χ0) is 32.8.